The molecule has 2 aromatic rings. The van der Waals surface area contributed by atoms with Crippen molar-refractivity contribution in [2.45, 2.75) is 13.5 Å². The summed E-state index contributed by atoms with van der Waals surface area (Å²) in [5.74, 6) is -0.369. The van der Waals surface area contributed by atoms with E-state index in [2.05, 4.69) is 5.32 Å². The number of benzene rings is 2. The largest absolute Gasteiger partial charge is 0.494 e. The van der Waals surface area contributed by atoms with E-state index >= 15 is 0 Å². The second kappa shape index (κ2) is 6.18. The minimum atomic E-state index is -0.589. The molecule has 0 aromatic heterocycles. The molecule has 2 nitrogen and oxygen atoms in total. The van der Waals surface area contributed by atoms with E-state index in [-0.39, 0.29) is 0 Å². The Balaban J connectivity index is 1.98. The Kier molecular flexibility index (Phi) is 4.34. The maximum atomic E-state index is 13.0. The van der Waals surface area contributed by atoms with Crippen LogP contribution in [0.5, 0.6) is 5.75 Å². The van der Waals surface area contributed by atoms with Crippen molar-refractivity contribution in [3.63, 3.8) is 0 Å². The van der Waals surface area contributed by atoms with Gasteiger partial charge in [0.25, 0.3) is 0 Å². The number of hydrogen-bond acceptors (Lipinski definition) is 2. The van der Waals surface area contributed by atoms with Gasteiger partial charge in [-0.25, -0.2) is 8.78 Å². The molecule has 0 saturated carbocycles. The highest BCUT2D eigenvalue weighted by atomic mass is 19.1. The van der Waals surface area contributed by atoms with Gasteiger partial charge in [0.1, 0.15) is 17.4 Å². The zero-order chi connectivity index (χ0) is 13.7. The Morgan fingerprint density at radius 1 is 1.00 bits per heavy atom. The summed E-state index contributed by atoms with van der Waals surface area (Å²) >= 11 is 0. The van der Waals surface area contributed by atoms with Crippen LogP contribution < -0.4 is 10.1 Å². The minimum absolute atomic E-state index is 0.423. The van der Waals surface area contributed by atoms with Gasteiger partial charge >= 0.3 is 0 Å². The molecule has 0 spiro atoms. The highest BCUT2D eigenvalue weighted by Crippen LogP contribution is 2.16. The summed E-state index contributed by atoms with van der Waals surface area (Å²) in [7, 11) is 0. The van der Waals surface area contributed by atoms with Crippen molar-refractivity contribution in [1.82, 2.24) is 0 Å². The Labute approximate surface area is 111 Å². The summed E-state index contributed by atoms with van der Waals surface area (Å²) in [6.45, 7) is 3.05. The second-order valence-corrected chi connectivity index (χ2v) is 4.09. The molecule has 0 amide bonds. The summed E-state index contributed by atoms with van der Waals surface area (Å²) in [5.41, 5.74) is 1.43. The smallest absolute Gasteiger partial charge is 0.128 e. The van der Waals surface area contributed by atoms with Gasteiger partial charge in [-0.1, -0.05) is 12.1 Å². The van der Waals surface area contributed by atoms with Crippen molar-refractivity contribution >= 4 is 5.69 Å². The van der Waals surface area contributed by atoms with Gasteiger partial charge in [-0.2, -0.15) is 0 Å². The van der Waals surface area contributed by atoms with Crippen molar-refractivity contribution in [3.8, 4) is 5.75 Å². The van der Waals surface area contributed by atoms with Crippen LogP contribution in [0.15, 0.2) is 42.5 Å². The number of rotatable bonds is 5. The summed E-state index contributed by atoms with van der Waals surface area (Å²) in [6.07, 6.45) is 0. The van der Waals surface area contributed by atoms with Gasteiger partial charge in [-0.3, -0.25) is 0 Å². The topological polar surface area (TPSA) is 21.3 Å². The normalized spacial score (nSPS) is 10.3. The van der Waals surface area contributed by atoms with Crippen molar-refractivity contribution in [3.05, 3.63) is 59.7 Å². The van der Waals surface area contributed by atoms with Gasteiger partial charge < -0.3 is 10.1 Å². The summed E-state index contributed by atoms with van der Waals surface area (Å²) in [5, 5.41) is 2.97. The molecule has 0 saturated heterocycles. The lowest BCUT2D eigenvalue weighted by Gasteiger charge is -2.08. The lowest BCUT2D eigenvalue weighted by atomic mass is 10.2. The number of nitrogens with one attached hydrogen (secondary N) is 1. The first-order valence-electron chi connectivity index (χ1n) is 6.09. The third kappa shape index (κ3) is 3.95. The second-order valence-electron chi connectivity index (χ2n) is 4.09. The van der Waals surface area contributed by atoms with Crippen LogP contribution in [-0.4, -0.2) is 6.61 Å². The molecule has 4 heteroatoms. The zero-order valence-corrected chi connectivity index (χ0v) is 10.6. The molecule has 0 fully saturated rings. The van der Waals surface area contributed by atoms with Crippen LogP contribution in [0.2, 0.25) is 0 Å². The molecular formula is C15H15F2NO. The fraction of sp³-hybridized carbons (Fsp3) is 0.200. The first-order valence-corrected chi connectivity index (χ1v) is 6.09. The van der Waals surface area contributed by atoms with Crippen LogP contribution in [-0.2, 0) is 6.54 Å². The molecule has 0 bridgehead atoms. The van der Waals surface area contributed by atoms with E-state index < -0.39 is 11.6 Å². The quantitative estimate of drug-likeness (QED) is 0.881. The van der Waals surface area contributed by atoms with Gasteiger partial charge in [0.15, 0.2) is 0 Å². The molecule has 0 aliphatic heterocycles. The number of anilines is 1. The molecule has 2 aromatic carbocycles. The molecule has 2 rings (SSSR count). The van der Waals surface area contributed by atoms with Crippen molar-refractivity contribution in [2.75, 3.05) is 11.9 Å². The SMILES string of the molecule is CCOc1ccc(CNc2cc(F)cc(F)c2)cc1. The lowest BCUT2D eigenvalue weighted by Crippen LogP contribution is -2.00. The predicted octanol–water partition coefficient (Wildman–Crippen LogP) is 3.98. The molecule has 0 unspecified atom stereocenters. The Bertz CT molecular complexity index is 520. The van der Waals surface area contributed by atoms with Gasteiger partial charge in [0, 0.05) is 18.3 Å². The standard InChI is InChI=1S/C15H15F2NO/c1-2-19-15-5-3-11(4-6-15)10-18-14-8-12(16)7-13(17)9-14/h3-9,18H,2,10H2,1H3. The van der Waals surface area contributed by atoms with E-state index in [4.69, 9.17) is 4.74 Å². The summed E-state index contributed by atoms with van der Waals surface area (Å²) < 4.78 is 31.3. The average molecular weight is 263 g/mol. The predicted molar refractivity (Wildman–Crippen MR) is 71.3 cm³/mol. The van der Waals surface area contributed by atoms with Crippen LogP contribution in [0.1, 0.15) is 12.5 Å². The molecule has 0 atom stereocenters. The molecule has 100 valence electrons. The maximum Gasteiger partial charge on any atom is 0.128 e. The van der Waals surface area contributed by atoms with E-state index in [1.807, 2.05) is 31.2 Å². The molecule has 1 N–H and O–H groups in total. The van der Waals surface area contributed by atoms with Crippen molar-refractivity contribution in [2.24, 2.45) is 0 Å². The van der Waals surface area contributed by atoms with E-state index in [0.717, 1.165) is 17.4 Å². The molecule has 0 aliphatic rings. The monoisotopic (exact) mass is 263 g/mol. The number of hydrogen-bond donors (Lipinski definition) is 1. The van der Waals surface area contributed by atoms with E-state index in [1.54, 1.807) is 0 Å². The van der Waals surface area contributed by atoms with Gasteiger partial charge in [0.05, 0.1) is 6.61 Å². The molecular weight excluding hydrogens is 248 g/mol. The number of halogens is 2. The van der Waals surface area contributed by atoms with E-state index in [9.17, 15) is 8.78 Å². The average Bonchev–Trinajstić information content (AvgIpc) is 2.37. The fourth-order valence-electron chi connectivity index (χ4n) is 1.73. The summed E-state index contributed by atoms with van der Waals surface area (Å²) in [4.78, 5) is 0. The Hall–Kier alpha value is -2.10. The van der Waals surface area contributed by atoms with Crippen LogP contribution in [0, 0.1) is 11.6 Å². The van der Waals surface area contributed by atoms with E-state index in [1.165, 1.54) is 12.1 Å². The third-order valence-electron chi connectivity index (χ3n) is 2.59. The highest BCUT2D eigenvalue weighted by Gasteiger charge is 2.00. The lowest BCUT2D eigenvalue weighted by molar-refractivity contribution is 0.340. The van der Waals surface area contributed by atoms with Crippen molar-refractivity contribution < 1.29 is 13.5 Å². The van der Waals surface area contributed by atoms with Crippen LogP contribution in [0.3, 0.4) is 0 Å². The Morgan fingerprint density at radius 3 is 2.21 bits per heavy atom. The van der Waals surface area contributed by atoms with E-state index in [0.29, 0.717) is 18.8 Å². The Morgan fingerprint density at radius 2 is 1.63 bits per heavy atom. The highest BCUT2D eigenvalue weighted by molar-refractivity contribution is 5.44. The zero-order valence-electron chi connectivity index (χ0n) is 10.6. The van der Waals surface area contributed by atoms with Crippen LogP contribution in [0.4, 0.5) is 14.5 Å². The molecule has 19 heavy (non-hydrogen) atoms. The van der Waals surface area contributed by atoms with Gasteiger partial charge in [0.2, 0.25) is 0 Å². The van der Waals surface area contributed by atoms with Crippen LogP contribution >= 0.6 is 0 Å². The third-order valence-corrected chi connectivity index (χ3v) is 2.59. The first-order chi connectivity index (χ1) is 9.17. The maximum absolute atomic E-state index is 13.0. The van der Waals surface area contributed by atoms with Gasteiger partial charge in [-0.05, 0) is 36.8 Å². The first kappa shape index (κ1) is 13.3. The van der Waals surface area contributed by atoms with Gasteiger partial charge in [-0.15, -0.1) is 0 Å². The van der Waals surface area contributed by atoms with Crippen molar-refractivity contribution in [1.29, 1.82) is 0 Å². The molecule has 0 heterocycles. The molecule has 0 radical (unpaired) electrons. The van der Waals surface area contributed by atoms with Crippen LogP contribution in [0.25, 0.3) is 0 Å². The minimum Gasteiger partial charge on any atom is -0.494 e. The molecule has 0 aliphatic carbocycles. The summed E-state index contributed by atoms with van der Waals surface area (Å²) in [6, 6.07) is 10.9. The fourth-order valence-corrected chi connectivity index (χ4v) is 1.73. The number of ether oxygens (including phenoxy) is 1.